The van der Waals surface area contributed by atoms with Gasteiger partial charge in [0.25, 0.3) is 0 Å². The first-order chi connectivity index (χ1) is 7.79. The highest BCUT2D eigenvalue weighted by Gasteiger charge is 2.00. The minimum Gasteiger partial charge on any atom is -0.497 e. The Labute approximate surface area is 102 Å². The van der Waals surface area contributed by atoms with Crippen LogP contribution in [-0.4, -0.2) is 7.11 Å². The normalized spacial score (nSPS) is 9.25. The van der Waals surface area contributed by atoms with Gasteiger partial charge in [0.2, 0.25) is 0 Å². The highest BCUT2D eigenvalue weighted by molar-refractivity contribution is 7.15. The number of methoxy groups -OCH3 is 1. The molecule has 2 aromatic rings. The second kappa shape index (κ2) is 6.33. The summed E-state index contributed by atoms with van der Waals surface area (Å²) in [4.78, 5) is 2.65. The monoisotopic (exact) mass is 234 g/mol. The van der Waals surface area contributed by atoms with Crippen molar-refractivity contribution in [1.82, 2.24) is 0 Å². The molecule has 0 bridgehead atoms. The minimum atomic E-state index is 0.905. The Morgan fingerprint density at radius 3 is 2.00 bits per heavy atom. The van der Waals surface area contributed by atoms with Crippen LogP contribution in [0.5, 0.6) is 5.75 Å². The zero-order chi connectivity index (χ0) is 12.0. The summed E-state index contributed by atoms with van der Waals surface area (Å²) in [7, 11) is 1.68. The van der Waals surface area contributed by atoms with Crippen LogP contribution in [0.4, 0.5) is 0 Å². The van der Waals surface area contributed by atoms with E-state index in [2.05, 4.69) is 31.2 Å². The van der Waals surface area contributed by atoms with E-state index in [4.69, 9.17) is 4.74 Å². The lowest BCUT2D eigenvalue weighted by molar-refractivity contribution is 0.415. The third-order valence-electron chi connectivity index (χ3n) is 2.11. The van der Waals surface area contributed by atoms with E-state index in [9.17, 15) is 0 Å². The van der Waals surface area contributed by atoms with E-state index in [0.29, 0.717) is 0 Å². The maximum Gasteiger partial charge on any atom is 0.118 e. The van der Waals surface area contributed by atoms with Crippen LogP contribution in [0.2, 0.25) is 0 Å². The molecule has 0 N–H and O–H groups in total. The van der Waals surface area contributed by atoms with Crippen molar-refractivity contribution < 1.29 is 4.74 Å². The summed E-state index contributed by atoms with van der Waals surface area (Å²) in [5.41, 5.74) is 1.25. The Hall–Kier alpha value is -1.28. The highest BCUT2D eigenvalue weighted by Crippen LogP contribution is 2.28. The van der Waals surface area contributed by atoms with Gasteiger partial charge in [0.05, 0.1) is 7.11 Å². The molecule has 1 aromatic heterocycles. The SMILES string of the molecule is CC.COc1ccc(-c2ccc(C)s2)cc1. The molecule has 2 heteroatoms. The summed E-state index contributed by atoms with van der Waals surface area (Å²) in [6.45, 7) is 6.12. The lowest BCUT2D eigenvalue weighted by Crippen LogP contribution is -1.81. The molecule has 0 spiro atoms. The predicted octanol–water partition coefficient (Wildman–Crippen LogP) is 4.76. The van der Waals surface area contributed by atoms with Crippen LogP contribution >= 0.6 is 11.3 Å². The van der Waals surface area contributed by atoms with E-state index in [-0.39, 0.29) is 0 Å². The summed E-state index contributed by atoms with van der Waals surface area (Å²) in [6.07, 6.45) is 0. The van der Waals surface area contributed by atoms with Gasteiger partial charge in [-0.1, -0.05) is 13.8 Å². The first-order valence-corrected chi connectivity index (χ1v) is 6.32. The van der Waals surface area contributed by atoms with Gasteiger partial charge in [0.15, 0.2) is 0 Å². The van der Waals surface area contributed by atoms with Crippen LogP contribution in [0.25, 0.3) is 10.4 Å². The highest BCUT2D eigenvalue weighted by atomic mass is 32.1. The van der Waals surface area contributed by atoms with Crippen LogP contribution in [0.3, 0.4) is 0 Å². The average molecular weight is 234 g/mol. The zero-order valence-corrected chi connectivity index (χ0v) is 11.1. The number of hydrogen-bond donors (Lipinski definition) is 0. The second-order valence-electron chi connectivity index (χ2n) is 3.14. The lowest BCUT2D eigenvalue weighted by Gasteiger charge is -2.00. The number of rotatable bonds is 2. The summed E-state index contributed by atoms with van der Waals surface area (Å²) >= 11 is 1.81. The van der Waals surface area contributed by atoms with E-state index in [1.807, 2.05) is 37.3 Å². The smallest absolute Gasteiger partial charge is 0.118 e. The summed E-state index contributed by atoms with van der Waals surface area (Å²) in [5.74, 6) is 0.905. The second-order valence-corrected chi connectivity index (χ2v) is 4.43. The molecule has 0 fully saturated rings. The largest absolute Gasteiger partial charge is 0.497 e. The molecule has 0 aliphatic rings. The number of thiophene rings is 1. The molecule has 2 rings (SSSR count). The molecule has 0 unspecified atom stereocenters. The van der Waals surface area contributed by atoms with Crippen molar-refractivity contribution in [1.29, 1.82) is 0 Å². The summed E-state index contributed by atoms with van der Waals surface area (Å²) < 4.78 is 5.11. The Balaban J connectivity index is 0.000000606. The topological polar surface area (TPSA) is 9.23 Å². The standard InChI is InChI=1S/C12H12OS.C2H6/c1-9-3-8-12(14-9)10-4-6-11(13-2)7-5-10;1-2/h3-8H,1-2H3;1-2H3. The van der Waals surface area contributed by atoms with Gasteiger partial charge in [-0.2, -0.15) is 0 Å². The summed E-state index contributed by atoms with van der Waals surface area (Å²) in [6, 6.07) is 12.5. The minimum absolute atomic E-state index is 0.905. The van der Waals surface area contributed by atoms with E-state index >= 15 is 0 Å². The van der Waals surface area contributed by atoms with Gasteiger partial charge in [0, 0.05) is 9.75 Å². The van der Waals surface area contributed by atoms with E-state index in [1.165, 1.54) is 15.3 Å². The van der Waals surface area contributed by atoms with Crippen molar-refractivity contribution in [3.63, 3.8) is 0 Å². The molecule has 1 nitrogen and oxygen atoms in total. The van der Waals surface area contributed by atoms with Gasteiger partial charge in [0.1, 0.15) is 5.75 Å². The Morgan fingerprint density at radius 2 is 1.56 bits per heavy atom. The van der Waals surface area contributed by atoms with Gasteiger partial charge < -0.3 is 4.74 Å². The van der Waals surface area contributed by atoms with E-state index in [0.717, 1.165) is 5.75 Å². The third kappa shape index (κ3) is 3.11. The average Bonchev–Trinajstić information content (AvgIpc) is 2.79. The van der Waals surface area contributed by atoms with Crippen molar-refractivity contribution in [2.45, 2.75) is 20.8 Å². The fourth-order valence-corrected chi connectivity index (χ4v) is 2.22. The molecular weight excluding hydrogens is 216 g/mol. The molecule has 86 valence electrons. The van der Waals surface area contributed by atoms with Crippen LogP contribution in [-0.2, 0) is 0 Å². The molecule has 1 heterocycles. The van der Waals surface area contributed by atoms with Crippen LogP contribution in [0.15, 0.2) is 36.4 Å². The molecular formula is C14H18OS. The van der Waals surface area contributed by atoms with Crippen molar-refractivity contribution in [2.24, 2.45) is 0 Å². The number of ether oxygens (including phenoxy) is 1. The molecule has 0 aliphatic carbocycles. The fourth-order valence-electron chi connectivity index (χ4n) is 1.34. The van der Waals surface area contributed by atoms with Gasteiger partial charge in [-0.3, -0.25) is 0 Å². The maximum absolute atomic E-state index is 5.11. The van der Waals surface area contributed by atoms with Crippen molar-refractivity contribution in [3.8, 4) is 16.2 Å². The molecule has 0 atom stereocenters. The molecule has 0 aliphatic heterocycles. The van der Waals surface area contributed by atoms with E-state index in [1.54, 1.807) is 7.11 Å². The number of hydrogen-bond acceptors (Lipinski definition) is 2. The Bertz CT molecular complexity index is 415. The predicted molar refractivity (Wildman–Crippen MR) is 72.4 cm³/mol. The Kier molecular flexibility index (Phi) is 5.06. The first kappa shape index (κ1) is 12.8. The van der Waals surface area contributed by atoms with Gasteiger partial charge in [-0.15, -0.1) is 11.3 Å². The first-order valence-electron chi connectivity index (χ1n) is 5.50. The molecule has 0 amide bonds. The van der Waals surface area contributed by atoms with Crippen molar-refractivity contribution >= 4 is 11.3 Å². The Morgan fingerprint density at radius 1 is 0.938 bits per heavy atom. The van der Waals surface area contributed by atoms with Crippen LogP contribution < -0.4 is 4.74 Å². The number of aryl methyl sites for hydroxylation is 1. The van der Waals surface area contributed by atoms with Crippen molar-refractivity contribution in [3.05, 3.63) is 41.3 Å². The lowest BCUT2D eigenvalue weighted by atomic mass is 10.2. The van der Waals surface area contributed by atoms with Crippen LogP contribution in [0.1, 0.15) is 18.7 Å². The van der Waals surface area contributed by atoms with Crippen molar-refractivity contribution in [2.75, 3.05) is 7.11 Å². The zero-order valence-electron chi connectivity index (χ0n) is 10.3. The van der Waals surface area contributed by atoms with Gasteiger partial charge >= 0.3 is 0 Å². The quantitative estimate of drug-likeness (QED) is 0.728. The molecule has 0 radical (unpaired) electrons. The molecule has 1 aromatic carbocycles. The fraction of sp³-hybridized carbons (Fsp3) is 0.286. The van der Waals surface area contributed by atoms with Gasteiger partial charge in [-0.25, -0.2) is 0 Å². The molecule has 16 heavy (non-hydrogen) atoms. The maximum atomic E-state index is 5.11. The van der Waals surface area contributed by atoms with E-state index < -0.39 is 0 Å². The molecule has 0 saturated carbocycles. The number of benzene rings is 1. The molecule has 0 saturated heterocycles. The third-order valence-corrected chi connectivity index (χ3v) is 3.16. The van der Waals surface area contributed by atoms with Gasteiger partial charge in [-0.05, 0) is 48.9 Å². The summed E-state index contributed by atoms with van der Waals surface area (Å²) in [5, 5.41) is 0. The van der Waals surface area contributed by atoms with Crippen LogP contribution in [0, 0.1) is 6.92 Å².